The molecule has 96 valence electrons. The number of hydrogen-bond donors (Lipinski definition) is 1. The Hall–Kier alpha value is -2.48. The van der Waals surface area contributed by atoms with Gasteiger partial charge in [-0.05, 0) is 16.7 Å². The van der Waals surface area contributed by atoms with Gasteiger partial charge in [-0.3, -0.25) is 4.98 Å². The number of carbonyl (C=O) groups excluding carboxylic acids is 1. The number of carbonyl (C=O) groups is 1. The van der Waals surface area contributed by atoms with E-state index in [0.717, 1.165) is 0 Å². The molecule has 10 heteroatoms. The van der Waals surface area contributed by atoms with Crippen molar-refractivity contribution in [3.63, 3.8) is 0 Å². The first-order chi connectivity index (χ1) is 8.38. The molecule has 0 radical (unpaired) electrons. The average Bonchev–Trinajstić information content (AvgIpc) is 2.30. The van der Waals surface area contributed by atoms with Gasteiger partial charge in [0.2, 0.25) is 0 Å². The molecular weight excluding hydrogens is 255 g/mol. The summed E-state index contributed by atoms with van der Waals surface area (Å²) < 4.78 is 41.7. The highest BCUT2D eigenvalue weighted by atomic mass is 19.4. The van der Waals surface area contributed by atoms with Gasteiger partial charge in [-0.15, -0.1) is 0 Å². The maximum atomic E-state index is 12.4. The SMILES string of the molecule is CNC(=O)Oc1cc(C(F)(F)F)cnc1N=[N+]=[N-]. The quantitative estimate of drug-likeness (QED) is 0.503. The van der Waals surface area contributed by atoms with E-state index in [0.29, 0.717) is 12.3 Å². The maximum Gasteiger partial charge on any atom is 0.418 e. The highest BCUT2D eigenvalue weighted by Crippen LogP contribution is 2.34. The summed E-state index contributed by atoms with van der Waals surface area (Å²) in [5.74, 6) is -1.05. The Balaban J connectivity index is 3.23. The Kier molecular flexibility index (Phi) is 3.95. The van der Waals surface area contributed by atoms with Crippen LogP contribution in [-0.2, 0) is 6.18 Å². The number of hydrogen-bond acceptors (Lipinski definition) is 4. The first-order valence-corrected chi connectivity index (χ1v) is 4.40. The van der Waals surface area contributed by atoms with E-state index < -0.39 is 29.4 Å². The van der Waals surface area contributed by atoms with Gasteiger partial charge in [0.25, 0.3) is 0 Å². The van der Waals surface area contributed by atoms with Gasteiger partial charge < -0.3 is 10.1 Å². The van der Waals surface area contributed by atoms with Crippen molar-refractivity contribution in [2.75, 3.05) is 7.05 Å². The number of azide groups is 1. The zero-order chi connectivity index (χ0) is 13.8. The predicted octanol–water partition coefficient (Wildman–Crippen LogP) is 2.76. The number of ether oxygens (including phenoxy) is 1. The summed E-state index contributed by atoms with van der Waals surface area (Å²) in [4.78, 5) is 16.6. The van der Waals surface area contributed by atoms with Crippen LogP contribution in [0.2, 0.25) is 0 Å². The monoisotopic (exact) mass is 261 g/mol. The Labute approximate surface area is 98.2 Å². The van der Waals surface area contributed by atoms with Crippen molar-refractivity contribution in [3.05, 3.63) is 28.3 Å². The Morgan fingerprint density at radius 2 is 2.28 bits per heavy atom. The van der Waals surface area contributed by atoms with E-state index in [2.05, 4.69) is 19.7 Å². The van der Waals surface area contributed by atoms with Crippen molar-refractivity contribution < 1.29 is 22.7 Å². The minimum atomic E-state index is -4.65. The van der Waals surface area contributed by atoms with Crippen molar-refractivity contribution in [2.45, 2.75) is 6.18 Å². The van der Waals surface area contributed by atoms with Gasteiger partial charge in [0.1, 0.15) is 0 Å². The van der Waals surface area contributed by atoms with E-state index in [1.807, 2.05) is 5.32 Å². The number of alkyl halides is 3. The summed E-state index contributed by atoms with van der Waals surface area (Å²) in [5.41, 5.74) is 7.08. The van der Waals surface area contributed by atoms with Crippen LogP contribution in [0, 0.1) is 0 Å². The van der Waals surface area contributed by atoms with Crippen LogP contribution in [0.3, 0.4) is 0 Å². The highest BCUT2D eigenvalue weighted by molar-refractivity contribution is 5.71. The second-order valence-corrected chi connectivity index (χ2v) is 2.87. The molecule has 7 nitrogen and oxygen atoms in total. The molecule has 0 spiro atoms. The van der Waals surface area contributed by atoms with E-state index >= 15 is 0 Å². The molecule has 0 aliphatic rings. The van der Waals surface area contributed by atoms with Gasteiger partial charge >= 0.3 is 12.3 Å². The Morgan fingerprint density at radius 1 is 1.61 bits per heavy atom. The van der Waals surface area contributed by atoms with Crippen LogP contribution >= 0.6 is 0 Å². The number of nitrogens with zero attached hydrogens (tertiary/aromatic N) is 4. The van der Waals surface area contributed by atoms with Crippen LogP contribution in [0.1, 0.15) is 5.56 Å². The molecule has 1 N–H and O–H groups in total. The molecule has 18 heavy (non-hydrogen) atoms. The maximum absolute atomic E-state index is 12.4. The zero-order valence-electron chi connectivity index (χ0n) is 8.89. The lowest BCUT2D eigenvalue weighted by Crippen LogP contribution is -2.22. The molecule has 1 aromatic rings. The van der Waals surface area contributed by atoms with Crippen molar-refractivity contribution in [1.82, 2.24) is 10.3 Å². The van der Waals surface area contributed by atoms with E-state index in [1.165, 1.54) is 7.05 Å². The number of aromatic nitrogens is 1. The Bertz CT molecular complexity index is 510. The minimum Gasteiger partial charge on any atom is -0.408 e. The lowest BCUT2D eigenvalue weighted by molar-refractivity contribution is -0.137. The fourth-order valence-electron chi connectivity index (χ4n) is 0.936. The number of rotatable bonds is 2. The number of amides is 1. The standard InChI is InChI=1S/C8H6F3N5O2/c1-13-7(17)18-5-2-4(8(9,10)11)3-14-6(5)15-16-12/h2-3H,1H3,(H,13,17). The fraction of sp³-hybridized carbons (Fsp3) is 0.250. The van der Waals surface area contributed by atoms with Crippen molar-refractivity contribution in [1.29, 1.82) is 0 Å². The lowest BCUT2D eigenvalue weighted by atomic mass is 10.2. The molecule has 0 aliphatic heterocycles. The molecule has 1 rings (SSSR count). The summed E-state index contributed by atoms with van der Waals surface area (Å²) in [6.45, 7) is 0. The van der Waals surface area contributed by atoms with Crippen LogP contribution < -0.4 is 10.1 Å². The third-order valence-electron chi connectivity index (χ3n) is 1.71. The molecule has 1 aromatic heterocycles. The molecular formula is C8H6F3N5O2. The molecule has 0 aliphatic carbocycles. The van der Waals surface area contributed by atoms with E-state index in [1.54, 1.807) is 0 Å². The average molecular weight is 261 g/mol. The smallest absolute Gasteiger partial charge is 0.408 e. The number of halogens is 3. The molecule has 1 heterocycles. The second kappa shape index (κ2) is 5.23. The number of pyridine rings is 1. The normalized spacial score (nSPS) is 10.4. The van der Waals surface area contributed by atoms with E-state index in [9.17, 15) is 18.0 Å². The van der Waals surface area contributed by atoms with Crippen molar-refractivity contribution >= 4 is 11.9 Å². The van der Waals surface area contributed by atoms with E-state index in [-0.39, 0.29) is 0 Å². The fourth-order valence-corrected chi connectivity index (χ4v) is 0.936. The largest absolute Gasteiger partial charge is 0.418 e. The van der Waals surface area contributed by atoms with Gasteiger partial charge in [0.15, 0.2) is 11.6 Å². The van der Waals surface area contributed by atoms with Crippen LogP contribution in [0.5, 0.6) is 5.75 Å². The molecule has 1 amide bonds. The number of nitrogens with one attached hydrogen (secondary N) is 1. The first kappa shape index (κ1) is 13.6. The van der Waals surface area contributed by atoms with Gasteiger partial charge in [-0.25, -0.2) is 4.79 Å². The summed E-state index contributed by atoms with van der Waals surface area (Å²) in [6.07, 6.45) is -5.19. The topological polar surface area (TPSA) is 100.0 Å². The highest BCUT2D eigenvalue weighted by Gasteiger charge is 2.32. The lowest BCUT2D eigenvalue weighted by Gasteiger charge is -2.10. The zero-order valence-corrected chi connectivity index (χ0v) is 8.89. The molecule has 0 fully saturated rings. The van der Waals surface area contributed by atoms with Crippen LogP contribution in [-0.4, -0.2) is 18.1 Å². The molecule has 0 saturated carbocycles. The first-order valence-electron chi connectivity index (χ1n) is 4.40. The van der Waals surface area contributed by atoms with Gasteiger partial charge in [0.05, 0.1) is 5.56 Å². The molecule has 0 bridgehead atoms. The molecule has 0 saturated heterocycles. The van der Waals surface area contributed by atoms with Crippen LogP contribution in [0.4, 0.5) is 23.8 Å². The third kappa shape index (κ3) is 3.25. The van der Waals surface area contributed by atoms with Gasteiger partial charge in [0, 0.05) is 18.2 Å². The molecule has 0 unspecified atom stereocenters. The summed E-state index contributed by atoms with van der Waals surface area (Å²) in [5, 5.41) is 5.05. The van der Waals surface area contributed by atoms with Gasteiger partial charge in [-0.2, -0.15) is 13.2 Å². The van der Waals surface area contributed by atoms with Crippen molar-refractivity contribution in [3.8, 4) is 5.75 Å². The Morgan fingerprint density at radius 3 is 2.78 bits per heavy atom. The second-order valence-electron chi connectivity index (χ2n) is 2.87. The summed E-state index contributed by atoms with van der Waals surface area (Å²) >= 11 is 0. The summed E-state index contributed by atoms with van der Waals surface area (Å²) in [7, 11) is 1.22. The van der Waals surface area contributed by atoms with Crippen LogP contribution in [0.25, 0.3) is 10.4 Å². The summed E-state index contributed by atoms with van der Waals surface area (Å²) in [6, 6.07) is 0.520. The minimum absolute atomic E-state index is 0.464. The van der Waals surface area contributed by atoms with Crippen LogP contribution in [0.15, 0.2) is 17.4 Å². The molecule has 0 aromatic carbocycles. The van der Waals surface area contributed by atoms with Crippen molar-refractivity contribution in [2.24, 2.45) is 5.11 Å². The van der Waals surface area contributed by atoms with Gasteiger partial charge in [-0.1, -0.05) is 0 Å². The van der Waals surface area contributed by atoms with E-state index in [4.69, 9.17) is 5.53 Å². The third-order valence-corrected chi connectivity index (χ3v) is 1.71. The molecule has 0 atom stereocenters. The predicted molar refractivity (Wildman–Crippen MR) is 53.1 cm³/mol.